The summed E-state index contributed by atoms with van der Waals surface area (Å²) in [5.41, 5.74) is 2.26. The molecule has 0 fully saturated rings. The molecule has 0 saturated carbocycles. The largest absolute Gasteiger partial charge is 0.472 e. The monoisotopic (exact) mass is 283 g/mol. The Bertz CT molecular complexity index is 633. The number of carbonyl (C=O) groups is 1. The number of hydrogen-bond acceptors (Lipinski definition) is 3. The van der Waals surface area contributed by atoms with Crippen molar-refractivity contribution in [1.29, 1.82) is 0 Å². The molecule has 4 heteroatoms. The molecular formula is C17H17NO3. The first-order valence-electron chi connectivity index (χ1n) is 6.92. The molecule has 2 aromatic rings. The zero-order valence-corrected chi connectivity index (χ0v) is 11.6. The van der Waals surface area contributed by atoms with E-state index in [0.717, 1.165) is 16.7 Å². The third-order valence-corrected chi connectivity index (χ3v) is 3.72. The zero-order valence-electron chi connectivity index (χ0n) is 11.6. The quantitative estimate of drug-likeness (QED) is 0.843. The molecule has 0 bridgehead atoms. The van der Waals surface area contributed by atoms with Crippen LogP contribution in [0.3, 0.4) is 0 Å². The Morgan fingerprint density at radius 2 is 2.00 bits per heavy atom. The summed E-state index contributed by atoms with van der Waals surface area (Å²) in [6.07, 6.45) is 7.38. The minimum atomic E-state index is -0.886. The van der Waals surface area contributed by atoms with Gasteiger partial charge in [-0.25, -0.2) is 0 Å². The summed E-state index contributed by atoms with van der Waals surface area (Å²) in [5.74, 6) is -0.222. The van der Waals surface area contributed by atoms with Crippen LogP contribution in [0.5, 0.6) is 0 Å². The fourth-order valence-corrected chi connectivity index (χ4v) is 2.65. The van der Waals surface area contributed by atoms with Gasteiger partial charge in [-0.1, -0.05) is 24.3 Å². The van der Waals surface area contributed by atoms with Gasteiger partial charge in [-0.3, -0.25) is 4.79 Å². The van der Waals surface area contributed by atoms with Gasteiger partial charge < -0.3 is 14.8 Å². The number of benzene rings is 1. The van der Waals surface area contributed by atoms with E-state index < -0.39 is 5.60 Å². The average molecular weight is 283 g/mol. The lowest BCUT2D eigenvalue weighted by Crippen LogP contribution is -2.43. The minimum absolute atomic E-state index is 0.222. The minimum Gasteiger partial charge on any atom is -0.472 e. The predicted octanol–water partition coefficient (Wildman–Crippen LogP) is 1.94. The van der Waals surface area contributed by atoms with Gasteiger partial charge in [0.15, 0.2) is 0 Å². The van der Waals surface area contributed by atoms with Crippen LogP contribution in [0.1, 0.15) is 16.7 Å². The van der Waals surface area contributed by atoms with Gasteiger partial charge in [0.1, 0.15) is 0 Å². The van der Waals surface area contributed by atoms with E-state index >= 15 is 0 Å². The van der Waals surface area contributed by atoms with Gasteiger partial charge in [-0.2, -0.15) is 0 Å². The van der Waals surface area contributed by atoms with Gasteiger partial charge in [0.25, 0.3) is 0 Å². The van der Waals surface area contributed by atoms with Crippen LogP contribution in [0.25, 0.3) is 6.08 Å². The number of furan rings is 1. The molecule has 1 aliphatic rings. The molecule has 1 amide bonds. The highest BCUT2D eigenvalue weighted by Gasteiger charge is 2.34. The van der Waals surface area contributed by atoms with Crippen molar-refractivity contribution in [2.24, 2.45) is 0 Å². The Morgan fingerprint density at radius 1 is 1.29 bits per heavy atom. The first-order valence-corrected chi connectivity index (χ1v) is 6.92. The molecule has 0 radical (unpaired) electrons. The molecule has 1 aromatic carbocycles. The number of hydrogen-bond donors (Lipinski definition) is 2. The summed E-state index contributed by atoms with van der Waals surface area (Å²) in [6, 6.07) is 9.75. The molecular weight excluding hydrogens is 266 g/mol. The van der Waals surface area contributed by atoms with E-state index in [1.54, 1.807) is 24.7 Å². The van der Waals surface area contributed by atoms with Crippen molar-refractivity contribution in [1.82, 2.24) is 5.32 Å². The summed E-state index contributed by atoms with van der Waals surface area (Å²) < 4.78 is 4.92. The molecule has 0 atom stereocenters. The molecule has 1 heterocycles. The number of nitrogens with one attached hydrogen (secondary N) is 1. The molecule has 3 rings (SSSR count). The Kier molecular flexibility index (Phi) is 3.62. The van der Waals surface area contributed by atoms with E-state index in [0.29, 0.717) is 12.8 Å². The first-order chi connectivity index (χ1) is 10.1. The van der Waals surface area contributed by atoms with Gasteiger partial charge in [0.05, 0.1) is 18.1 Å². The van der Waals surface area contributed by atoms with Crippen LogP contribution in [0.2, 0.25) is 0 Å². The van der Waals surface area contributed by atoms with Crippen molar-refractivity contribution >= 4 is 12.0 Å². The molecule has 4 nitrogen and oxygen atoms in total. The molecule has 108 valence electrons. The Balaban J connectivity index is 1.55. The van der Waals surface area contributed by atoms with Crippen LogP contribution in [-0.4, -0.2) is 23.2 Å². The predicted molar refractivity (Wildman–Crippen MR) is 79.6 cm³/mol. The maximum atomic E-state index is 11.8. The summed E-state index contributed by atoms with van der Waals surface area (Å²) in [5, 5.41) is 13.3. The summed E-state index contributed by atoms with van der Waals surface area (Å²) in [7, 11) is 0. The number of carbonyl (C=O) groups excluding carboxylic acids is 1. The van der Waals surface area contributed by atoms with E-state index in [9.17, 15) is 9.90 Å². The lowest BCUT2D eigenvalue weighted by Gasteiger charge is -2.22. The highest BCUT2D eigenvalue weighted by Crippen LogP contribution is 2.29. The van der Waals surface area contributed by atoms with Crippen molar-refractivity contribution in [3.63, 3.8) is 0 Å². The maximum Gasteiger partial charge on any atom is 0.244 e. The Hall–Kier alpha value is -2.33. The highest BCUT2D eigenvalue weighted by atomic mass is 16.3. The molecule has 0 saturated heterocycles. The first kappa shape index (κ1) is 13.6. The van der Waals surface area contributed by atoms with Crippen molar-refractivity contribution in [2.45, 2.75) is 18.4 Å². The summed E-state index contributed by atoms with van der Waals surface area (Å²) in [4.78, 5) is 11.8. The second kappa shape index (κ2) is 5.58. The fraction of sp³-hybridized carbons (Fsp3) is 0.235. The van der Waals surface area contributed by atoms with Gasteiger partial charge in [-0.15, -0.1) is 0 Å². The second-order valence-corrected chi connectivity index (χ2v) is 5.45. The Labute approximate surface area is 123 Å². The third kappa shape index (κ3) is 3.23. The zero-order chi connectivity index (χ0) is 14.7. The molecule has 1 aromatic heterocycles. The van der Waals surface area contributed by atoms with Crippen LogP contribution in [0.15, 0.2) is 53.4 Å². The highest BCUT2D eigenvalue weighted by molar-refractivity contribution is 5.91. The summed E-state index contributed by atoms with van der Waals surface area (Å²) >= 11 is 0. The van der Waals surface area contributed by atoms with Gasteiger partial charge in [0, 0.05) is 31.0 Å². The number of fused-ring (bicyclic) bond motifs is 1. The van der Waals surface area contributed by atoms with Gasteiger partial charge in [0.2, 0.25) is 5.91 Å². The number of rotatable bonds is 4. The van der Waals surface area contributed by atoms with Crippen molar-refractivity contribution in [2.75, 3.05) is 6.54 Å². The van der Waals surface area contributed by atoms with Gasteiger partial charge in [-0.05, 0) is 23.3 Å². The molecule has 2 N–H and O–H groups in total. The van der Waals surface area contributed by atoms with E-state index in [1.807, 2.05) is 24.3 Å². The van der Waals surface area contributed by atoms with Crippen molar-refractivity contribution in [3.8, 4) is 0 Å². The van der Waals surface area contributed by atoms with Crippen LogP contribution in [0.4, 0.5) is 0 Å². The molecule has 0 aliphatic heterocycles. The molecule has 0 spiro atoms. The van der Waals surface area contributed by atoms with Crippen molar-refractivity contribution in [3.05, 3.63) is 65.6 Å². The fourth-order valence-electron chi connectivity index (χ4n) is 2.65. The van der Waals surface area contributed by atoms with Crippen molar-refractivity contribution < 1.29 is 14.3 Å². The van der Waals surface area contributed by atoms with Crippen LogP contribution < -0.4 is 5.32 Å². The van der Waals surface area contributed by atoms with E-state index in [2.05, 4.69) is 5.32 Å². The molecule has 0 unspecified atom stereocenters. The van der Waals surface area contributed by atoms with E-state index in [1.165, 1.54) is 6.08 Å². The smallest absolute Gasteiger partial charge is 0.244 e. The molecule has 1 aliphatic carbocycles. The normalized spacial score (nSPS) is 16.0. The SMILES string of the molecule is O=C(/C=C/c1ccoc1)NCC1(O)Cc2ccccc2C1. The van der Waals surface area contributed by atoms with E-state index in [-0.39, 0.29) is 12.5 Å². The lowest BCUT2D eigenvalue weighted by molar-refractivity contribution is -0.117. The van der Waals surface area contributed by atoms with E-state index in [4.69, 9.17) is 4.42 Å². The lowest BCUT2D eigenvalue weighted by atomic mass is 10.0. The Morgan fingerprint density at radius 3 is 2.62 bits per heavy atom. The number of amides is 1. The maximum absolute atomic E-state index is 11.8. The topological polar surface area (TPSA) is 62.5 Å². The van der Waals surface area contributed by atoms with Crippen LogP contribution in [-0.2, 0) is 17.6 Å². The summed E-state index contributed by atoms with van der Waals surface area (Å²) in [6.45, 7) is 0.246. The third-order valence-electron chi connectivity index (χ3n) is 3.72. The number of aliphatic hydroxyl groups is 1. The van der Waals surface area contributed by atoms with Crippen LogP contribution in [0, 0.1) is 0 Å². The standard InChI is InChI=1S/C17H17NO3/c19-16(6-5-13-7-8-21-11-13)18-12-17(20)9-14-3-1-2-4-15(14)10-17/h1-8,11,20H,9-10,12H2,(H,18,19)/b6-5+. The average Bonchev–Trinajstić information content (AvgIpc) is 3.09. The van der Waals surface area contributed by atoms with Crippen LogP contribution >= 0.6 is 0 Å². The van der Waals surface area contributed by atoms with Gasteiger partial charge >= 0.3 is 0 Å². The molecule has 21 heavy (non-hydrogen) atoms. The second-order valence-electron chi connectivity index (χ2n) is 5.45.